The minimum absolute atomic E-state index is 0.0353. The van der Waals surface area contributed by atoms with Gasteiger partial charge in [0.05, 0.1) is 22.7 Å². The van der Waals surface area contributed by atoms with Crippen molar-refractivity contribution in [2.45, 2.75) is 21.9 Å². The average molecular weight is 570 g/mol. The van der Waals surface area contributed by atoms with Gasteiger partial charge in [-0.15, -0.1) is 11.3 Å². The van der Waals surface area contributed by atoms with Gasteiger partial charge < -0.3 is 10.2 Å². The number of benzene rings is 2. The summed E-state index contributed by atoms with van der Waals surface area (Å²) >= 11 is 12.6. The SMILES string of the molecule is O=[N+]([O-])c1ccc(Sc2ccc(N3C(=S)N[C@H](c4ccccn4)[C@H]3c3cc(Br)cs3)cc2)cc1. The number of pyridine rings is 1. The van der Waals surface area contributed by atoms with E-state index < -0.39 is 4.92 Å². The molecule has 34 heavy (non-hydrogen) atoms. The van der Waals surface area contributed by atoms with E-state index in [1.165, 1.54) is 17.0 Å². The molecule has 0 amide bonds. The highest BCUT2D eigenvalue weighted by Crippen LogP contribution is 2.44. The molecule has 1 aliphatic heterocycles. The van der Waals surface area contributed by atoms with Gasteiger partial charge in [-0.05, 0) is 82.7 Å². The summed E-state index contributed by atoms with van der Waals surface area (Å²) in [7, 11) is 0. The molecule has 2 aromatic carbocycles. The third-order valence-electron chi connectivity index (χ3n) is 5.38. The summed E-state index contributed by atoms with van der Waals surface area (Å²) in [5.41, 5.74) is 2.01. The molecule has 1 aliphatic rings. The Balaban J connectivity index is 1.43. The minimum atomic E-state index is -0.392. The van der Waals surface area contributed by atoms with E-state index >= 15 is 0 Å². The first-order valence-corrected chi connectivity index (χ1v) is 13.2. The van der Waals surface area contributed by atoms with Crippen LogP contribution in [0, 0.1) is 10.1 Å². The van der Waals surface area contributed by atoms with Crippen LogP contribution in [0.15, 0.2) is 98.6 Å². The third kappa shape index (κ3) is 4.72. The summed E-state index contributed by atoms with van der Waals surface area (Å²) in [6, 6.07) is 22.7. The fraction of sp³-hybridized carbons (Fsp3) is 0.0833. The van der Waals surface area contributed by atoms with Crippen LogP contribution in [0.3, 0.4) is 0 Å². The van der Waals surface area contributed by atoms with Gasteiger partial charge in [0.1, 0.15) is 0 Å². The minimum Gasteiger partial charge on any atom is -0.351 e. The molecule has 2 aromatic heterocycles. The van der Waals surface area contributed by atoms with Crippen LogP contribution in [0.25, 0.3) is 0 Å². The van der Waals surface area contributed by atoms with Gasteiger partial charge in [0, 0.05) is 48.5 Å². The molecule has 0 aliphatic carbocycles. The normalized spacial score (nSPS) is 17.6. The van der Waals surface area contributed by atoms with Crippen LogP contribution >= 0.6 is 51.2 Å². The van der Waals surface area contributed by atoms with Crippen molar-refractivity contribution in [1.82, 2.24) is 10.3 Å². The van der Waals surface area contributed by atoms with E-state index in [0.29, 0.717) is 5.11 Å². The number of thiocarbonyl (C=S) groups is 1. The fourth-order valence-corrected chi connectivity index (χ4v) is 6.59. The molecule has 0 spiro atoms. The van der Waals surface area contributed by atoms with Crippen LogP contribution in [0.4, 0.5) is 11.4 Å². The summed E-state index contributed by atoms with van der Waals surface area (Å²) in [6.07, 6.45) is 1.80. The first-order chi connectivity index (χ1) is 16.5. The van der Waals surface area contributed by atoms with E-state index in [4.69, 9.17) is 12.2 Å². The highest BCUT2D eigenvalue weighted by molar-refractivity contribution is 9.10. The lowest BCUT2D eigenvalue weighted by Gasteiger charge is -2.27. The summed E-state index contributed by atoms with van der Waals surface area (Å²) < 4.78 is 1.04. The Labute approximate surface area is 218 Å². The molecular formula is C24H17BrN4O2S3. The molecule has 6 nitrogen and oxygen atoms in total. The second-order valence-electron chi connectivity index (χ2n) is 7.51. The largest absolute Gasteiger partial charge is 0.351 e. The van der Waals surface area contributed by atoms with Gasteiger partial charge in [-0.3, -0.25) is 15.1 Å². The summed E-state index contributed by atoms with van der Waals surface area (Å²) in [5, 5.41) is 17.1. The lowest BCUT2D eigenvalue weighted by atomic mass is 10.0. The Morgan fingerprint density at radius 1 is 1.09 bits per heavy atom. The van der Waals surface area contributed by atoms with Crippen molar-refractivity contribution in [3.63, 3.8) is 0 Å². The number of rotatable bonds is 6. The van der Waals surface area contributed by atoms with E-state index in [0.717, 1.165) is 25.6 Å². The maximum Gasteiger partial charge on any atom is 0.269 e. The molecule has 1 fully saturated rings. The first-order valence-electron chi connectivity index (χ1n) is 10.3. The number of aromatic nitrogens is 1. The van der Waals surface area contributed by atoms with Gasteiger partial charge in [-0.2, -0.15) is 0 Å². The lowest BCUT2D eigenvalue weighted by Crippen LogP contribution is -2.29. The van der Waals surface area contributed by atoms with E-state index in [1.54, 1.807) is 41.4 Å². The molecule has 170 valence electrons. The molecule has 10 heteroatoms. The van der Waals surface area contributed by atoms with Crippen LogP contribution in [-0.4, -0.2) is 15.0 Å². The van der Waals surface area contributed by atoms with Crippen LogP contribution in [0.1, 0.15) is 22.7 Å². The molecule has 0 unspecified atom stereocenters. The van der Waals surface area contributed by atoms with E-state index in [9.17, 15) is 10.1 Å². The van der Waals surface area contributed by atoms with Gasteiger partial charge in [-0.1, -0.05) is 17.8 Å². The second kappa shape index (κ2) is 9.83. The first kappa shape index (κ1) is 23.0. The molecule has 0 radical (unpaired) electrons. The lowest BCUT2D eigenvalue weighted by molar-refractivity contribution is -0.384. The third-order valence-corrected chi connectivity index (χ3v) is 8.47. The number of anilines is 1. The Hall–Kier alpha value is -2.79. The highest BCUT2D eigenvalue weighted by atomic mass is 79.9. The highest BCUT2D eigenvalue weighted by Gasteiger charge is 2.41. The van der Waals surface area contributed by atoms with Crippen LogP contribution < -0.4 is 10.2 Å². The number of hydrogen-bond acceptors (Lipinski definition) is 6. The van der Waals surface area contributed by atoms with Crippen LogP contribution in [-0.2, 0) is 0 Å². The fourth-order valence-electron chi connectivity index (χ4n) is 3.85. The maximum absolute atomic E-state index is 10.9. The van der Waals surface area contributed by atoms with Gasteiger partial charge >= 0.3 is 0 Å². The molecule has 0 saturated carbocycles. The van der Waals surface area contributed by atoms with Crippen molar-refractivity contribution in [3.8, 4) is 0 Å². The standard InChI is InChI=1S/C24H17BrN4O2S3/c25-15-13-21(33-14-15)23-22(20-3-1-2-12-26-20)27-24(32)28(23)16-4-8-18(9-5-16)34-19-10-6-17(7-11-19)29(30)31/h1-14,22-23H,(H,27,32)/t22-,23-/m1/s1. The Morgan fingerprint density at radius 3 is 2.38 bits per heavy atom. The summed E-state index contributed by atoms with van der Waals surface area (Å²) in [6.45, 7) is 0. The van der Waals surface area contributed by atoms with Crippen molar-refractivity contribution in [2.75, 3.05) is 4.90 Å². The molecule has 2 atom stereocenters. The van der Waals surface area contributed by atoms with Crippen molar-refractivity contribution in [1.29, 1.82) is 0 Å². The Kier molecular flexibility index (Phi) is 6.64. The van der Waals surface area contributed by atoms with Crippen molar-refractivity contribution < 1.29 is 4.92 Å². The average Bonchev–Trinajstić information content (AvgIpc) is 3.43. The molecule has 1 saturated heterocycles. The number of halogens is 1. The number of nitrogens with one attached hydrogen (secondary N) is 1. The molecular weight excluding hydrogens is 552 g/mol. The van der Waals surface area contributed by atoms with Crippen LogP contribution in [0.5, 0.6) is 0 Å². The smallest absolute Gasteiger partial charge is 0.269 e. The second-order valence-corrected chi connectivity index (χ2v) is 10.9. The van der Waals surface area contributed by atoms with E-state index in [1.807, 2.05) is 30.3 Å². The van der Waals surface area contributed by atoms with E-state index in [-0.39, 0.29) is 17.8 Å². The molecule has 0 bridgehead atoms. The number of hydrogen-bond donors (Lipinski definition) is 1. The van der Waals surface area contributed by atoms with Crippen molar-refractivity contribution in [2.24, 2.45) is 0 Å². The van der Waals surface area contributed by atoms with E-state index in [2.05, 4.69) is 54.7 Å². The van der Waals surface area contributed by atoms with Gasteiger partial charge in [-0.25, -0.2) is 0 Å². The van der Waals surface area contributed by atoms with Crippen molar-refractivity contribution in [3.05, 3.63) is 110 Å². The molecule has 3 heterocycles. The number of nitrogens with zero attached hydrogens (tertiary/aromatic N) is 3. The monoisotopic (exact) mass is 568 g/mol. The molecule has 5 rings (SSSR count). The maximum atomic E-state index is 10.9. The zero-order valence-electron chi connectivity index (χ0n) is 17.5. The Morgan fingerprint density at radius 2 is 1.79 bits per heavy atom. The van der Waals surface area contributed by atoms with Gasteiger partial charge in [0.25, 0.3) is 5.69 Å². The number of nitro groups is 1. The number of thiophene rings is 1. The predicted molar refractivity (Wildman–Crippen MR) is 144 cm³/mol. The topological polar surface area (TPSA) is 71.3 Å². The number of nitro benzene ring substituents is 1. The molecule has 4 aromatic rings. The molecule has 1 N–H and O–H groups in total. The predicted octanol–water partition coefficient (Wildman–Crippen LogP) is 7.14. The summed E-state index contributed by atoms with van der Waals surface area (Å²) in [4.78, 5) is 20.4. The quantitative estimate of drug-likeness (QED) is 0.150. The number of non-ortho nitro benzene ring substituents is 1. The van der Waals surface area contributed by atoms with Crippen molar-refractivity contribution >= 4 is 67.7 Å². The zero-order valence-corrected chi connectivity index (χ0v) is 21.5. The van der Waals surface area contributed by atoms with Gasteiger partial charge in [0.15, 0.2) is 5.11 Å². The summed E-state index contributed by atoms with van der Waals surface area (Å²) in [5.74, 6) is 0. The zero-order chi connectivity index (χ0) is 23.7. The van der Waals surface area contributed by atoms with Gasteiger partial charge in [0.2, 0.25) is 0 Å². The Bertz CT molecular complexity index is 1330. The van der Waals surface area contributed by atoms with Crippen LogP contribution in [0.2, 0.25) is 0 Å².